The van der Waals surface area contributed by atoms with Crippen molar-refractivity contribution in [1.82, 2.24) is 4.98 Å². The Bertz CT molecular complexity index is 662. The molecular formula is C13H11F2N3O2. The van der Waals surface area contributed by atoms with Crippen LogP contribution in [0.15, 0.2) is 30.5 Å². The summed E-state index contributed by atoms with van der Waals surface area (Å²) in [5.41, 5.74) is 10.9. The number of carbonyl (C=O) groups is 1. The Morgan fingerprint density at radius 1 is 1.30 bits per heavy atom. The lowest BCUT2D eigenvalue weighted by Crippen LogP contribution is -2.14. The van der Waals surface area contributed by atoms with Gasteiger partial charge in [-0.3, -0.25) is 9.78 Å². The van der Waals surface area contributed by atoms with Gasteiger partial charge in [-0.1, -0.05) is 0 Å². The van der Waals surface area contributed by atoms with Crippen LogP contribution in [0.5, 0.6) is 11.5 Å². The van der Waals surface area contributed by atoms with Crippen LogP contribution in [-0.2, 0) is 11.2 Å². The first kappa shape index (κ1) is 13.7. The molecule has 0 spiro atoms. The Balaban J connectivity index is 2.31. The molecule has 0 atom stereocenters. The predicted molar refractivity (Wildman–Crippen MR) is 68.0 cm³/mol. The van der Waals surface area contributed by atoms with Crippen LogP contribution < -0.4 is 16.2 Å². The van der Waals surface area contributed by atoms with E-state index in [-0.39, 0.29) is 17.9 Å². The molecule has 1 aromatic heterocycles. The molecule has 5 nitrogen and oxygen atoms in total. The van der Waals surface area contributed by atoms with Gasteiger partial charge in [-0.2, -0.15) is 4.39 Å². The molecule has 0 aliphatic rings. The van der Waals surface area contributed by atoms with Crippen LogP contribution in [0.4, 0.5) is 14.5 Å². The van der Waals surface area contributed by atoms with Crippen molar-refractivity contribution in [2.24, 2.45) is 5.73 Å². The number of amides is 1. The summed E-state index contributed by atoms with van der Waals surface area (Å²) in [6.45, 7) is 0. The number of nitrogen functional groups attached to an aromatic ring is 1. The molecule has 7 heteroatoms. The van der Waals surface area contributed by atoms with Gasteiger partial charge in [0.1, 0.15) is 5.75 Å². The third-order valence-electron chi connectivity index (χ3n) is 2.44. The van der Waals surface area contributed by atoms with Gasteiger partial charge >= 0.3 is 0 Å². The Labute approximate surface area is 113 Å². The number of rotatable bonds is 4. The highest BCUT2D eigenvalue weighted by Gasteiger charge is 2.14. The number of benzene rings is 1. The van der Waals surface area contributed by atoms with E-state index in [2.05, 4.69) is 4.98 Å². The standard InChI is InChI=1S/C13H11F2N3O2/c14-9-1-2-10(16)13(12(9)15)20-8-3-4-18-7(5-8)6-11(17)19/h1-5H,6,16H2,(H2,17,19). The quantitative estimate of drug-likeness (QED) is 0.834. The van der Waals surface area contributed by atoms with Crippen molar-refractivity contribution in [3.63, 3.8) is 0 Å². The topological polar surface area (TPSA) is 91.2 Å². The zero-order chi connectivity index (χ0) is 14.7. The van der Waals surface area contributed by atoms with Gasteiger partial charge in [0, 0.05) is 12.3 Å². The molecule has 4 N–H and O–H groups in total. The van der Waals surface area contributed by atoms with Crippen LogP contribution in [0.3, 0.4) is 0 Å². The first-order valence-electron chi connectivity index (χ1n) is 5.62. The molecule has 0 radical (unpaired) electrons. The van der Waals surface area contributed by atoms with Gasteiger partial charge in [-0.15, -0.1) is 0 Å². The molecule has 1 amide bonds. The van der Waals surface area contributed by atoms with E-state index >= 15 is 0 Å². The fraction of sp³-hybridized carbons (Fsp3) is 0.0769. The maximum Gasteiger partial charge on any atom is 0.223 e. The molecule has 0 aliphatic carbocycles. The number of anilines is 1. The number of primary amides is 1. The number of pyridine rings is 1. The molecular weight excluding hydrogens is 268 g/mol. The molecule has 0 saturated carbocycles. The number of nitrogens with two attached hydrogens (primary N) is 2. The molecule has 1 aromatic carbocycles. The van der Waals surface area contributed by atoms with Crippen molar-refractivity contribution in [2.45, 2.75) is 6.42 Å². The smallest absolute Gasteiger partial charge is 0.223 e. The second-order valence-corrected chi connectivity index (χ2v) is 4.01. The van der Waals surface area contributed by atoms with Crippen LogP contribution in [0, 0.1) is 11.6 Å². The van der Waals surface area contributed by atoms with Gasteiger partial charge < -0.3 is 16.2 Å². The van der Waals surface area contributed by atoms with Gasteiger partial charge in [0.05, 0.1) is 17.8 Å². The van der Waals surface area contributed by atoms with Crippen LogP contribution in [-0.4, -0.2) is 10.9 Å². The van der Waals surface area contributed by atoms with Crippen LogP contribution in [0.2, 0.25) is 0 Å². The zero-order valence-electron chi connectivity index (χ0n) is 10.3. The summed E-state index contributed by atoms with van der Waals surface area (Å²) < 4.78 is 31.9. The van der Waals surface area contributed by atoms with E-state index < -0.39 is 23.3 Å². The molecule has 2 aromatic rings. The number of carbonyl (C=O) groups excluding carboxylic acids is 1. The SMILES string of the molecule is NC(=O)Cc1cc(Oc2c(N)ccc(F)c2F)ccn1. The molecule has 104 valence electrons. The van der Waals surface area contributed by atoms with Crippen molar-refractivity contribution < 1.29 is 18.3 Å². The Morgan fingerprint density at radius 2 is 2.05 bits per heavy atom. The molecule has 2 rings (SSSR count). The molecule has 1 heterocycles. The monoisotopic (exact) mass is 279 g/mol. The van der Waals surface area contributed by atoms with Gasteiger partial charge in [0.15, 0.2) is 11.6 Å². The van der Waals surface area contributed by atoms with Gasteiger partial charge in [0.2, 0.25) is 11.7 Å². The van der Waals surface area contributed by atoms with E-state index in [1.165, 1.54) is 24.4 Å². The average molecular weight is 279 g/mol. The molecule has 0 fully saturated rings. The van der Waals surface area contributed by atoms with Gasteiger partial charge in [0.25, 0.3) is 0 Å². The summed E-state index contributed by atoms with van der Waals surface area (Å²) >= 11 is 0. The summed E-state index contributed by atoms with van der Waals surface area (Å²) in [6, 6.07) is 4.92. The Kier molecular flexibility index (Phi) is 3.79. The second kappa shape index (κ2) is 5.52. The summed E-state index contributed by atoms with van der Waals surface area (Å²) in [4.78, 5) is 14.7. The van der Waals surface area contributed by atoms with Gasteiger partial charge in [-0.25, -0.2) is 4.39 Å². The van der Waals surface area contributed by atoms with E-state index in [4.69, 9.17) is 16.2 Å². The maximum atomic E-state index is 13.6. The highest BCUT2D eigenvalue weighted by molar-refractivity contribution is 5.76. The molecule has 0 bridgehead atoms. The highest BCUT2D eigenvalue weighted by atomic mass is 19.2. The predicted octanol–water partition coefficient (Wildman–Crippen LogP) is 1.76. The second-order valence-electron chi connectivity index (χ2n) is 4.01. The summed E-state index contributed by atoms with van der Waals surface area (Å²) in [5.74, 6) is -3.06. The van der Waals surface area contributed by atoms with Crippen LogP contribution in [0.25, 0.3) is 0 Å². The van der Waals surface area contributed by atoms with Crippen molar-refractivity contribution >= 4 is 11.6 Å². The minimum atomic E-state index is -1.18. The molecule has 0 unspecified atom stereocenters. The first-order valence-corrected chi connectivity index (χ1v) is 5.62. The minimum absolute atomic E-state index is 0.0443. The normalized spacial score (nSPS) is 10.3. The lowest BCUT2D eigenvalue weighted by atomic mass is 10.2. The fourth-order valence-corrected chi connectivity index (χ4v) is 1.56. The van der Waals surface area contributed by atoms with Crippen molar-refractivity contribution in [1.29, 1.82) is 0 Å². The minimum Gasteiger partial charge on any atom is -0.452 e. The molecule has 0 saturated heterocycles. The Hall–Kier alpha value is -2.70. The lowest BCUT2D eigenvalue weighted by Gasteiger charge is -2.10. The number of hydrogen-bond acceptors (Lipinski definition) is 4. The van der Waals surface area contributed by atoms with Crippen molar-refractivity contribution in [3.8, 4) is 11.5 Å². The number of ether oxygens (including phenoxy) is 1. The van der Waals surface area contributed by atoms with E-state index in [1.54, 1.807) is 0 Å². The van der Waals surface area contributed by atoms with E-state index in [9.17, 15) is 13.6 Å². The van der Waals surface area contributed by atoms with Crippen molar-refractivity contribution in [3.05, 3.63) is 47.8 Å². The summed E-state index contributed by atoms with van der Waals surface area (Å²) in [5, 5.41) is 0. The van der Waals surface area contributed by atoms with Crippen LogP contribution in [0.1, 0.15) is 5.69 Å². The number of halogens is 2. The molecule has 0 aliphatic heterocycles. The number of nitrogens with zero attached hydrogens (tertiary/aromatic N) is 1. The van der Waals surface area contributed by atoms with E-state index in [1.807, 2.05) is 0 Å². The Morgan fingerprint density at radius 3 is 2.75 bits per heavy atom. The van der Waals surface area contributed by atoms with E-state index in [0.29, 0.717) is 5.69 Å². The van der Waals surface area contributed by atoms with Crippen LogP contribution >= 0.6 is 0 Å². The summed E-state index contributed by atoms with van der Waals surface area (Å²) in [7, 11) is 0. The number of hydrogen-bond donors (Lipinski definition) is 2. The van der Waals surface area contributed by atoms with Crippen molar-refractivity contribution in [2.75, 3.05) is 5.73 Å². The van der Waals surface area contributed by atoms with Gasteiger partial charge in [-0.05, 0) is 18.2 Å². The highest BCUT2D eigenvalue weighted by Crippen LogP contribution is 2.31. The fourth-order valence-electron chi connectivity index (χ4n) is 1.56. The number of aromatic nitrogens is 1. The average Bonchev–Trinajstić information content (AvgIpc) is 2.39. The largest absolute Gasteiger partial charge is 0.452 e. The zero-order valence-corrected chi connectivity index (χ0v) is 10.3. The first-order chi connectivity index (χ1) is 9.47. The summed E-state index contributed by atoms with van der Waals surface area (Å²) in [6.07, 6.45) is 1.28. The lowest BCUT2D eigenvalue weighted by molar-refractivity contribution is -0.117. The van der Waals surface area contributed by atoms with E-state index in [0.717, 1.165) is 6.07 Å². The third kappa shape index (κ3) is 3.00. The maximum absolute atomic E-state index is 13.6. The third-order valence-corrected chi connectivity index (χ3v) is 2.44. The molecule has 20 heavy (non-hydrogen) atoms.